The van der Waals surface area contributed by atoms with Gasteiger partial charge in [0.2, 0.25) is 0 Å². The lowest BCUT2D eigenvalue weighted by molar-refractivity contribution is 0.0982. The van der Waals surface area contributed by atoms with Crippen molar-refractivity contribution < 1.29 is 28.5 Å². The number of ether oxygens (including phenoxy) is 5. The Morgan fingerprint density at radius 2 is 1.79 bits per heavy atom. The molecule has 0 amide bonds. The third kappa shape index (κ3) is 3.51. The Morgan fingerprint density at radius 1 is 1.11 bits per heavy atom. The summed E-state index contributed by atoms with van der Waals surface area (Å²) in [4.78, 5) is 10.7. The second kappa shape index (κ2) is 5.36. The minimum absolute atomic E-state index is 0.222. The molecule has 102 valence electrons. The summed E-state index contributed by atoms with van der Waals surface area (Å²) in [7, 11) is 0. The van der Waals surface area contributed by atoms with Crippen molar-refractivity contribution in [2.24, 2.45) is 0 Å². The number of carbonyl (C=O) groups is 1. The van der Waals surface area contributed by atoms with Crippen LogP contribution in [0.2, 0.25) is 0 Å². The Morgan fingerprint density at radius 3 is 2.37 bits per heavy atom. The van der Waals surface area contributed by atoms with Gasteiger partial charge in [-0.2, -0.15) is 0 Å². The molecule has 19 heavy (non-hydrogen) atoms. The summed E-state index contributed by atoms with van der Waals surface area (Å²) in [5.74, 6) is 1.39. The fourth-order valence-corrected chi connectivity index (χ4v) is 1.64. The van der Waals surface area contributed by atoms with E-state index in [4.69, 9.17) is 18.9 Å². The van der Waals surface area contributed by atoms with E-state index < -0.39 is 6.16 Å². The molecule has 2 saturated heterocycles. The molecule has 2 aliphatic rings. The minimum atomic E-state index is -0.643. The lowest BCUT2D eigenvalue weighted by Crippen LogP contribution is -2.20. The van der Waals surface area contributed by atoms with E-state index in [0.717, 1.165) is 12.4 Å². The molecule has 2 unspecified atom stereocenters. The highest BCUT2D eigenvalue weighted by Gasteiger charge is 2.25. The number of rotatable bonds is 6. The van der Waals surface area contributed by atoms with Crippen LogP contribution in [0.15, 0.2) is 24.3 Å². The van der Waals surface area contributed by atoms with Crippen LogP contribution in [0.1, 0.15) is 0 Å². The number of hydrogen-bond acceptors (Lipinski definition) is 6. The maximum Gasteiger partial charge on any atom is 0.508 e. The molecule has 0 bridgehead atoms. The third-order valence-corrected chi connectivity index (χ3v) is 2.73. The number of carbonyl (C=O) groups excluding carboxylic acids is 1. The summed E-state index contributed by atoms with van der Waals surface area (Å²) in [5.41, 5.74) is 0. The lowest BCUT2D eigenvalue weighted by Gasteiger charge is -2.10. The van der Waals surface area contributed by atoms with Gasteiger partial charge in [0.15, 0.2) is 6.10 Å². The van der Waals surface area contributed by atoms with Crippen LogP contribution >= 0.6 is 0 Å². The van der Waals surface area contributed by atoms with Gasteiger partial charge in [0.25, 0.3) is 0 Å². The van der Waals surface area contributed by atoms with E-state index in [1.807, 2.05) is 18.2 Å². The second-order valence-corrected chi connectivity index (χ2v) is 4.35. The molecule has 1 aromatic rings. The fourth-order valence-electron chi connectivity index (χ4n) is 1.64. The Bertz CT molecular complexity index is 456. The first kappa shape index (κ1) is 12.1. The molecule has 3 rings (SSSR count). The van der Waals surface area contributed by atoms with Gasteiger partial charge >= 0.3 is 6.16 Å². The highest BCUT2D eigenvalue weighted by atomic mass is 16.8. The first-order valence-electron chi connectivity index (χ1n) is 6.10. The highest BCUT2D eigenvalue weighted by molar-refractivity contribution is 5.61. The van der Waals surface area contributed by atoms with Gasteiger partial charge in [0, 0.05) is 6.07 Å². The van der Waals surface area contributed by atoms with Crippen LogP contribution in [0.3, 0.4) is 0 Å². The monoisotopic (exact) mass is 266 g/mol. The average molecular weight is 266 g/mol. The zero-order valence-corrected chi connectivity index (χ0v) is 10.2. The minimum Gasteiger partial charge on any atom is -0.491 e. The van der Waals surface area contributed by atoms with Crippen molar-refractivity contribution in [3.05, 3.63) is 24.3 Å². The zero-order chi connectivity index (χ0) is 13.1. The van der Waals surface area contributed by atoms with Gasteiger partial charge in [0.05, 0.1) is 6.61 Å². The van der Waals surface area contributed by atoms with E-state index in [0.29, 0.717) is 12.4 Å². The summed E-state index contributed by atoms with van der Waals surface area (Å²) in [5, 5.41) is 0. The smallest absolute Gasteiger partial charge is 0.491 e. The van der Waals surface area contributed by atoms with Crippen LogP contribution in [-0.4, -0.2) is 44.8 Å². The average Bonchev–Trinajstić information content (AvgIpc) is 3.16. The summed E-state index contributed by atoms with van der Waals surface area (Å²) in [6.45, 7) is 1.82. The van der Waals surface area contributed by atoms with Crippen molar-refractivity contribution in [2.45, 2.75) is 12.2 Å². The Hall–Kier alpha value is -1.95. The third-order valence-electron chi connectivity index (χ3n) is 2.73. The predicted octanol–water partition coefficient (Wildman–Crippen LogP) is 1.38. The van der Waals surface area contributed by atoms with E-state index in [-0.39, 0.29) is 25.4 Å². The number of cyclic esters (lactones) is 2. The molecule has 2 atom stereocenters. The molecular weight excluding hydrogens is 252 g/mol. The van der Waals surface area contributed by atoms with Gasteiger partial charge in [-0.1, -0.05) is 6.07 Å². The largest absolute Gasteiger partial charge is 0.508 e. The van der Waals surface area contributed by atoms with E-state index in [1.54, 1.807) is 6.07 Å². The van der Waals surface area contributed by atoms with Crippen molar-refractivity contribution in [1.29, 1.82) is 0 Å². The van der Waals surface area contributed by atoms with Crippen LogP contribution < -0.4 is 9.47 Å². The molecule has 2 aliphatic heterocycles. The lowest BCUT2D eigenvalue weighted by atomic mass is 10.3. The summed E-state index contributed by atoms with van der Waals surface area (Å²) in [6, 6.07) is 7.31. The number of epoxide rings is 1. The van der Waals surface area contributed by atoms with Crippen molar-refractivity contribution in [2.75, 3.05) is 26.4 Å². The summed E-state index contributed by atoms with van der Waals surface area (Å²) >= 11 is 0. The van der Waals surface area contributed by atoms with E-state index in [9.17, 15) is 4.79 Å². The molecule has 0 aromatic heterocycles. The van der Waals surface area contributed by atoms with Gasteiger partial charge in [-0.15, -0.1) is 0 Å². The van der Waals surface area contributed by atoms with Gasteiger partial charge in [0.1, 0.15) is 37.4 Å². The van der Waals surface area contributed by atoms with E-state index in [2.05, 4.69) is 4.74 Å². The van der Waals surface area contributed by atoms with Gasteiger partial charge in [-0.3, -0.25) is 0 Å². The van der Waals surface area contributed by atoms with Gasteiger partial charge in [-0.05, 0) is 12.1 Å². The molecule has 2 fully saturated rings. The highest BCUT2D eigenvalue weighted by Crippen LogP contribution is 2.21. The van der Waals surface area contributed by atoms with Gasteiger partial charge in [-0.25, -0.2) is 4.79 Å². The molecule has 2 heterocycles. The number of hydrogen-bond donors (Lipinski definition) is 0. The SMILES string of the molecule is O=C1OCC(COc2cccc(OCC3CO3)c2)O1. The maximum absolute atomic E-state index is 10.7. The number of benzene rings is 1. The molecule has 0 spiro atoms. The summed E-state index contributed by atoms with van der Waals surface area (Å²) in [6.07, 6.45) is -0.772. The molecule has 0 saturated carbocycles. The molecule has 0 radical (unpaired) electrons. The maximum atomic E-state index is 10.7. The Kier molecular flexibility index (Phi) is 3.41. The quantitative estimate of drug-likeness (QED) is 0.572. The zero-order valence-electron chi connectivity index (χ0n) is 10.2. The first-order valence-corrected chi connectivity index (χ1v) is 6.10. The standard InChI is InChI=1S/C13H14O6/c14-13-18-8-12(19-13)7-16-10-3-1-2-9(4-10)15-5-11-6-17-11/h1-4,11-12H,5-8H2. The van der Waals surface area contributed by atoms with Gasteiger partial charge < -0.3 is 23.7 Å². The molecule has 0 aliphatic carbocycles. The van der Waals surface area contributed by atoms with Crippen LogP contribution in [-0.2, 0) is 14.2 Å². The Balaban J connectivity index is 1.49. The van der Waals surface area contributed by atoms with Crippen molar-refractivity contribution >= 4 is 6.16 Å². The van der Waals surface area contributed by atoms with Crippen molar-refractivity contribution in [3.63, 3.8) is 0 Å². The first-order chi connectivity index (χ1) is 9.29. The molecular formula is C13H14O6. The molecule has 6 nitrogen and oxygen atoms in total. The predicted molar refractivity (Wildman–Crippen MR) is 63.4 cm³/mol. The Labute approximate surface area is 110 Å². The van der Waals surface area contributed by atoms with Crippen LogP contribution in [0, 0.1) is 0 Å². The molecule has 1 aromatic carbocycles. The van der Waals surface area contributed by atoms with E-state index in [1.165, 1.54) is 0 Å². The molecule has 6 heteroatoms. The van der Waals surface area contributed by atoms with E-state index >= 15 is 0 Å². The summed E-state index contributed by atoms with van der Waals surface area (Å²) < 4.78 is 25.7. The van der Waals surface area contributed by atoms with Crippen LogP contribution in [0.5, 0.6) is 11.5 Å². The topological polar surface area (TPSA) is 66.5 Å². The van der Waals surface area contributed by atoms with Crippen LogP contribution in [0.25, 0.3) is 0 Å². The van der Waals surface area contributed by atoms with Crippen LogP contribution in [0.4, 0.5) is 4.79 Å². The fraction of sp³-hybridized carbons (Fsp3) is 0.462. The van der Waals surface area contributed by atoms with Crippen molar-refractivity contribution in [1.82, 2.24) is 0 Å². The second-order valence-electron chi connectivity index (χ2n) is 4.35. The van der Waals surface area contributed by atoms with Crippen molar-refractivity contribution in [3.8, 4) is 11.5 Å². The molecule has 0 N–H and O–H groups in total. The normalized spacial score (nSPS) is 24.5.